The zero-order valence-corrected chi connectivity index (χ0v) is 18.2. The van der Waals surface area contributed by atoms with E-state index in [1.54, 1.807) is 56.3 Å². The van der Waals surface area contributed by atoms with Crippen LogP contribution in [0.1, 0.15) is 30.9 Å². The molecule has 0 spiro atoms. The van der Waals surface area contributed by atoms with Crippen LogP contribution in [0.2, 0.25) is 0 Å². The molecule has 0 amide bonds. The van der Waals surface area contributed by atoms with E-state index < -0.39 is 17.8 Å². The maximum Gasteiger partial charge on any atom is 0.334 e. The Bertz CT molecular complexity index is 1250. The number of ketones is 1. The second-order valence-electron chi connectivity index (χ2n) is 7.97. The van der Waals surface area contributed by atoms with Crippen molar-refractivity contribution >= 4 is 17.8 Å². The van der Waals surface area contributed by atoms with Gasteiger partial charge >= 0.3 is 5.97 Å². The van der Waals surface area contributed by atoms with Gasteiger partial charge in [0.05, 0.1) is 12.5 Å². The highest BCUT2D eigenvalue weighted by Crippen LogP contribution is 2.50. The van der Waals surface area contributed by atoms with Gasteiger partial charge in [0, 0.05) is 17.1 Å². The zero-order valence-electron chi connectivity index (χ0n) is 18.2. The molecule has 0 radical (unpaired) electrons. The van der Waals surface area contributed by atoms with Gasteiger partial charge in [-0.3, -0.25) is 4.79 Å². The summed E-state index contributed by atoms with van der Waals surface area (Å²) in [5, 5.41) is 10.6. The van der Waals surface area contributed by atoms with Crippen LogP contribution in [0.3, 0.4) is 0 Å². The van der Waals surface area contributed by atoms with Crippen LogP contribution >= 0.6 is 0 Å². The number of hydrogen-bond donors (Lipinski definition) is 1. The Morgan fingerprint density at radius 2 is 1.94 bits per heavy atom. The maximum absolute atomic E-state index is 13.6. The standard InChI is InChI=1S/C26H22O7/c1-3-30-26(29)22-14(2)10-20-24(23(22)16-6-4-5-7-17(16)27)25(28)21(33-20)12-15-8-9-18-19(11-15)32-13-31-18/h4-12,23-24,27H,3,13H2,1-2H3/b21-12-. The highest BCUT2D eigenvalue weighted by molar-refractivity contribution is 6.06. The lowest BCUT2D eigenvalue weighted by atomic mass is 9.73. The fraction of sp³-hybridized carbons (Fsp3) is 0.231. The number of benzene rings is 2. The normalized spacial score (nSPS) is 22.2. The maximum atomic E-state index is 13.6. The molecule has 168 valence electrons. The van der Waals surface area contributed by atoms with Crippen molar-refractivity contribution in [3.63, 3.8) is 0 Å². The van der Waals surface area contributed by atoms with Crippen LogP contribution in [0.25, 0.3) is 6.08 Å². The molecule has 2 aromatic carbocycles. The largest absolute Gasteiger partial charge is 0.508 e. The minimum Gasteiger partial charge on any atom is -0.508 e. The van der Waals surface area contributed by atoms with Crippen LogP contribution in [-0.2, 0) is 19.1 Å². The van der Waals surface area contributed by atoms with E-state index in [0.717, 1.165) is 5.56 Å². The van der Waals surface area contributed by atoms with Crippen molar-refractivity contribution in [2.45, 2.75) is 19.8 Å². The summed E-state index contributed by atoms with van der Waals surface area (Å²) < 4.78 is 22.0. The molecule has 2 aromatic rings. The van der Waals surface area contributed by atoms with Gasteiger partial charge in [0.1, 0.15) is 11.5 Å². The van der Waals surface area contributed by atoms with Crippen LogP contribution in [-0.4, -0.2) is 30.3 Å². The van der Waals surface area contributed by atoms with E-state index in [1.807, 2.05) is 6.07 Å². The van der Waals surface area contributed by atoms with Crippen LogP contribution in [0, 0.1) is 5.92 Å². The van der Waals surface area contributed by atoms with Crippen molar-refractivity contribution in [1.29, 1.82) is 0 Å². The van der Waals surface area contributed by atoms with Crippen molar-refractivity contribution in [3.05, 3.63) is 82.3 Å². The fourth-order valence-corrected chi connectivity index (χ4v) is 4.50. The Balaban J connectivity index is 1.58. The molecular weight excluding hydrogens is 424 g/mol. The van der Waals surface area contributed by atoms with Crippen LogP contribution in [0.4, 0.5) is 0 Å². The molecule has 7 nitrogen and oxygen atoms in total. The molecule has 0 aromatic heterocycles. The van der Waals surface area contributed by atoms with Gasteiger partial charge < -0.3 is 24.1 Å². The summed E-state index contributed by atoms with van der Waals surface area (Å²) in [6, 6.07) is 12.1. The van der Waals surface area contributed by atoms with Crippen molar-refractivity contribution in [2.75, 3.05) is 13.4 Å². The summed E-state index contributed by atoms with van der Waals surface area (Å²) in [4.78, 5) is 26.5. The first kappa shape index (κ1) is 20.9. The molecular formula is C26H22O7. The number of hydrogen-bond acceptors (Lipinski definition) is 7. The number of para-hydroxylation sites is 1. The molecule has 1 N–H and O–H groups in total. The van der Waals surface area contributed by atoms with E-state index in [2.05, 4.69) is 0 Å². The first-order valence-electron chi connectivity index (χ1n) is 10.7. The number of phenols is 1. The molecule has 2 unspecified atom stereocenters. The van der Waals surface area contributed by atoms with Gasteiger partial charge in [-0.25, -0.2) is 4.79 Å². The minimum atomic E-state index is -0.790. The molecule has 2 aliphatic heterocycles. The Morgan fingerprint density at radius 1 is 1.15 bits per heavy atom. The van der Waals surface area contributed by atoms with Gasteiger partial charge in [0.25, 0.3) is 0 Å². The molecule has 1 fully saturated rings. The summed E-state index contributed by atoms with van der Waals surface area (Å²) in [6.45, 7) is 3.85. The molecule has 2 atom stereocenters. The smallest absolute Gasteiger partial charge is 0.334 e. The van der Waals surface area contributed by atoms with E-state index in [9.17, 15) is 14.7 Å². The van der Waals surface area contributed by atoms with E-state index in [0.29, 0.717) is 34.0 Å². The Kier molecular flexibility index (Phi) is 5.17. The highest BCUT2D eigenvalue weighted by atomic mass is 16.7. The second kappa shape index (κ2) is 8.16. The van der Waals surface area contributed by atoms with Gasteiger partial charge in [0.15, 0.2) is 17.3 Å². The summed E-state index contributed by atoms with van der Waals surface area (Å²) >= 11 is 0. The molecule has 7 heteroatoms. The summed E-state index contributed by atoms with van der Waals surface area (Å²) in [7, 11) is 0. The number of ether oxygens (including phenoxy) is 4. The average Bonchev–Trinajstić information content (AvgIpc) is 3.37. The third-order valence-electron chi connectivity index (χ3n) is 5.95. The fourth-order valence-electron chi connectivity index (χ4n) is 4.50. The Hall–Kier alpha value is -4.00. The number of phenolic OH excluding ortho intramolecular Hbond substituents is 1. The molecule has 3 aliphatic rings. The quantitative estimate of drug-likeness (QED) is 0.555. The predicted octanol–water partition coefficient (Wildman–Crippen LogP) is 4.24. The average molecular weight is 446 g/mol. The summed E-state index contributed by atoms with van der Waals surface area (Å²) in [5.74, 6) is -0.483. The molecule has 5 rings (SSSR count). The van der Waals surface area contributed by atoms with E-state index >= 15 is 0 Å². The molecule has 1 saturated heterocycles. The molecule has 0 saturated carbocycles. The zero-order chi connectivity index (χ0) is 23.1. The first-order chi connectivity index (χ1) is 16.0. The van der Waals surface area contributed by atoms with Crippen molar-refractivity contribution < 1.29 is 33.6 Å². The predicted molar refractivity (Wildman–Crippen MR) is 118 cm³/mol. The van der Waals surface area contributed by atoms with Crippen molar-refractivity contribution in [3.8, 4) is 17.2 Å². The molecule has 2 heterocycles. The summed E-state index contributed by atoms with van der Waals surface area (Å²) in [5.41, 5.74) is 2.16. The molecule has 33 heavy (non-hydrogen) atoms. The highest BCUT2D eigenvalue weighted by Gasteiger charge is 2.48. The SMILES string of the molecule is CCOC(=O)C1=C(C)C=C2O/C(=C\c3ccc4c(c3)OCO4)C(=O)C2C1c1ccccc1O. The molecule has 0 bridgehead atoms. The Labute approximate surface area is 190 Å². The van der Waals surface area contributed by atoms with Crippen LogP contribution in [0.5, 0.6) is 17.2 Å². The van der Waals surface area contributed by atoms with E-state index in [1.165, 1.54) is 6.07 Å². The monoisotopic (exact) mass is 446 g/mol. The van der Waals surface area contributed by atoms with E-state index in [-0.39, 0.29) is 30.7 Å². The third-order valence-corrected chi connectivity index (χ3v) is 5.95. The number of rotatable bonds is 4. The van der Waals surface area contributed by atoms with E-state index in [4.69, 9.17) is 18.9 Å². The Morgan fingerprint density at radius 3 is 2.73 bits per heavy atom. The number of carbonyl (C=O) groups excluding carboxylic acids is 2. The number of allylic oxidation sites excluding steroid dienone is 4. The van der Waals surface area contributed by atoms with Crippen molar-refractivity contribution in [1.82, 2.24) is 0 Å². The lowest BCUT2D eigenvalue weighted by Gasteiger charge is -2.29. The number of carbonyl (C=O) groups is 2. The lowest BCUT2D eigenvalue weighted by molar-refractivity contribution is -0.139. The third kappa shape index (κ3) is 3.55. The topological polar surface area (TPSA) is 91.3 Å². The number of Topliss-reactive ketones (excluding diaryl/α,β-unsaturated/α-hetero) is 1. The van der Waals surface area contributed by atoms with Gasteiger partial charge in [-0.1, -0.05) is 24.3 Å². The first-order valence-corrected chi connectivity index (χ1v) is 10.7. The van der Waals surface area contributed by atoms with Gasteiger partial charge in [-0.05, 0) is 55.3 Å². The number of aromatic hydroxyl groups is 1. The summed E-state index contributed by atoms with van der Waals surface area (Å²) in [6.07, 6.45) is 3.34. The number of esters is 1. The minimum absolute atomic E-state index is 0.000603. The van der Waals surface area contributed by atoms with Crippen molar-refractivity contribution in [2.24, 2.45) is 5.92 Å². The van der Waals surface area contributed by atoms with Gasteiger partial charge in [-0.15, -0.1) is 0 Å². The van der Waals surface area contributed by atoms with Crippen LogP contribution in [0.15, 0.2) is 71.2 Å². The van der Waals surface area contributed by atoms with Gasteiger partial charge in [-0.2, -0.15) is 0 Å². The number of fused-ring (bicyclic) bond motifs is 2. The van der Waals surface area contributed by atoms with Crippen LogP contribution < -0.4 is 9.47 Å². The van der Waals surface area contributed by atoms with Gasteiger partial charge in [0.2, 0.25) is 12.6 Å². The molecule has 1 aliphatic carbocycles. The second-order valence-corrected chi connectivity index (χ2v) is 7.97. The lowest BCUT2D eigenvalue weighted by Crippen LogP contribution is -2.29.